The van der Waals surface area contributed by atoms with E-state index >= 15 is 0 Å². The Morgan fingerprint density at radius 1 is 1.37 bits per heavy atom. The van der Waals surface area contributed by atoms with Crippen molar-refractivity contribution in [2.45, 2.75) is 11.8 Å². The van der Waals surface area contributed by atoms with E-state index < -0.39 is 9.84 Å². The van der Waals surface area contributed by atoms with Gasteiger partial charge in [-0.2, -0.15) is 0 Å². The zero-order chi connectivity index (χ0) is 14.2. The van der Waals surface area contributed by atoms with Gasteiger partial charge in [-0.05, 0) is 0 Å². The molecule has 0 bridgehead atoms. The van der Waals surface area contributed by atoms with Crippen molar-refractivity contribution in [1.29, 1.82) is 0 Å². The molecular weight excluding hydrogens is 286 g/mol. The van der Waals surface area contributed by atoms with Crippen LogP contribution in [0.2, 0.25) is 0 Å². The Bertz CT molecular complexity index is 601. The van der Waals surface area contributed by atoms with Gasteiger partial charge in [0, 0.05) is 39.4 Å². The van der Waals surface area contributed by atoms with E-state index in [0.29, 0.717) is 23.0 Å². The lowest BCUT2D eigenvalue weighted by atomic mass is 10.3. The van der Waals surface area contributed by atoms with E-state index in [1.807, 2.05) is 4.90 Å². The van der Waals surface area contributed by atoms with Gasteiger partial charge in [-0.15, -0.1) is 11.3 Å². The predicted molar refractivity (Wildman–Crippen MR) is 76.9 cm³/mol. The van der Waals surface area contributed by atoms with E-state index in [4.69, 9.17) is 5.73 Å². The van der Waals surface area contributed by atoms with Crippen molar-refractivity contribution in [2.24, 2.45) is 0 Å². The second-order valence-corrected chi connectivity index (χ2v) is 7.50. The Morgan fingerprint density at radius 3 is 2.42 bits per heavy atom. The van der Waals surface area contributed by atoms with Gasteiger partial charge in [-0.3, -0.25) is 4.79 Å². The Balaban J connectivity index is 2.58. The largest absolute Gasteiger partial charge is 0.396 e. The quantitative estimate of drug-likeness (QED) is 0.783. The van der Waals surface area contributed by atoms with Crippen LogP contribution in [0.15, 0.2) is 4.90 Å². The van der Waals surface area contributed by atoms with E-state index in [0.717, 1.165) is 19.3 Å². The number of nitrogens with one attached hydrogen (secondary N) is 1. The monoisotopic (exact) mass is 303 g/mol. The summed E-state index contributed by atoms with van der Waals surface area (Å²) in [6.45, 7) is 4.39. The molecule has 1 aliphatic heterocycles. The average molecular weight is 303 g/mol. The molecule has 0 spiro atoms. The first-order chi connectivity index (χ1) is 8.82. The molecule has 0 atom stereocenters. The van der Waals surface area contributed by atoms with Gasteiger partial charge in [-0.1, -0.05) is 0 Å². The molecule has 106 valence electrons. The normalized spacial score (nSPS) is 16.6. The number of carbonyl (C=O) groups is 1. The van der Waals surface area contributed by atoms with E-state index in [1.165, 1.54) is 18.3 Å². The molecule has 0 saturated carbocycles. The van der Waals surface area contributed by atoms with Crippen LogP contribution in [0.4, 0.5) is 10.7 Å². The third-order valence-corrected chi connectivity index (χ3v) is 5.63. The third kappa shape index (κ3) is 2.75. The summed E-state index contributed by atoms with van der Waals surface area (Å²) in [5, 5.41) is 3.79. The van der Waals surface area contributed by atoms with Gasteiger partial charge >= 0.3 is 0 Å². The smallest absolute Gasteiger partial charge is 0.180 e. The van der Waals surface area contributed by atoms with Crippen molar-refractivity contribution >= 4 is 37.6 Å². The number of nitrogen functional groups attached to an aromatic ring is 1. The van der Waals surface area contributed by atoms with Crippen LogP contribution in [0, 0.1) is 0 Å². The molecule has 0 unspecified atom stereocenters. The summed E-state index contributed by atoms with van der Waals surface area (Å²) >= 11 is 1.17. The zero-order valence-corrected chi connectivity index (χ0v) is 12.5. The summed E-state index contributed by atoms with van der Waals surface area (Å²) in [5.41, 5.74) is 5.96. The van der Waals surface area contributed by atoms with Gasteiger partial charge in [0.25, 0.3) is 0 Å². The van der Waals surface area contributed by atoms with Crippen molar-refractivity contribution < 1.29 is 13.2 Å². The maximum absolute atomic E-state index is 11.9. The molecule has 3 N–H and O–H groups in total. The molecule has 19 heavy (non-hydrogen) atoms. The first-order valence-corrected chi connectivity index (χ1v) is 8.62. The fraction of sp³-hybridized carbons (Fsp3) is 0.545. The van der Waals surface area contributed by atoms with E-state index in [2.05, 4.69) is 5.32 Å². The Morgan fingerprint density at radius 2 is 1.95 bits per heavy atom. The molecule has 0 aromatic carbocycles. The number of ketones is 1. The highest BCUT2D eigenvalue weighted by molar-refractivity contribution is 7.91. The number of nitrogens with zero attached hydrogens (tertiary/aromatic N) is 1. The standard InChI is InChI=1S/C11H17N3O3S2/c1-7(15)9-8(12)10(19(2,16)17)11(18-9)14-5-3-13-4-6-14/h13H,3-6,12H2,1-2H3. The van der Waals surface area contributed by atoms with Gasteiger partial charge in [0.2, 0.25) is 0 Å². The second kappa shape index (κ2) is 5.10. The summed E-state index contributed by atoms with van der Waals surface area (Å²) in [4.78, 5) is 13.9. The molecule has 2 rings (SSSR count). The van der Waals surface area contributed by atoms with Crippen LogP contribution in [-0.2, 0) is 9.84 Å². The summed E-state index contributed by atoms with van der Waals surface area (Å²) in [5.74, 6) is -0.200. The third-order valence-electron chi connectivity index (χ3n) is 2.98. The highest BCUT2D eigenvalue weighted by Crippen LogP contribution is 2.41. The van der Waals surface area contributed by atoms with Crippen LogP contribution in [0.25, 0.3) is 0 Å². The van der Waals surface area contributed by atoms with Crippen molar-refractivity contribution in [2.75, 3.05) is 43.1 Å². The molecular formula is C11H17N3O3S2. The molecule has 1 saturated heterocycles. The second-order valence-electron chi connectivity index (χ2n) is 4.54. The minimum Gasteiger partial charge on any atom is -0.396 e. The summed E-state index contributed by atoms with van der Waals surface area (Å²) in [7, 11) is -3.46. The maximum atomic E-state index is 11.9. The van der Waals surface area contributed by atoms with Crippen LogP contribution in [0.3, 0.4) is 0 Å². The fourth-order valence-corrected chi connectivity index (χ4v) is 4.77. The molecule has 1 aromatic rings. The number of sulfone groups is 1. The highest BCUT2D eigenvalue weighted by atomic mass is 32.2. The number of hydrogen-bond acceptors (Lipinski definition) is 7. The SMILES string of the molecule is CC(=O)c1sc(N2CCNCC2)c(S(C)(=O)=O)c1N. The molecule has 6 nitrogen and oxygen atoms in total. The molecule has 0 aliphatic carbocycles. The van der Waals surface area contributed by atoms with Gasteiger partial charge in [0.1, 0.15) is 9.90 Å². The fourth-order valence-electron chi connectivity index (χ4n) is 2.11. The lowest BCUT2D eigenvalue weighted by molar-refractivity contribution is 0.102. The number of carbonyl (C=O) groups excluding carboxylic acids is 1. The van der Waals surface area contributed by atoms with E-state index in [9.17, 15) is 13.2 Å². The van der Waals surface area contributed by atoms with Gasteiger partial charge < -0.3 is 16.0 Å². The summed E-state index contributed by atoms with van der Waals surface area (Å²) in [6, 6.07) is 0. The minimum atomic E-state index is -3.46. The number of anilines is 2. The molecule has 0 amide bonds. The summed E-state index contributed by atoms with van der Waals surface area (Å²) in [6.07, 6.45) is 1.13. The Hall–Kier alpha value is -1.12. The van der Waals surface area contributed by atoms with Gasteiger partial charge in [0.15, 0.2) is 15.6 Å². The van der Waals surface area contributed by atoms with Crippen LogP contribution >= 0.6 is 11.3 Å². The maximum Gasteiger partial charge on any atom is 0.180 e. The van der Waals surface area contributed by atoms with Crippen LogP contribution in [0.1, 0.15) is 16.6 Å². The van der Waals surface area contributed by atoms with Crippen LogP contribution < -0.4 is 16.0 Å². The number of nitrogens with two attached hydrogens (primary N) is 1. The summed E-state index contributed by atoms with van der Waals surface area (Å²) < 4.78 is 23.9. The van der Waals surface area contributed by atoms with E-state index in [-0.39, 0.29) is 16.4 Å². The lowest BCUT2D eigenvalue weighted by Crippen LogP contribution is -2.43. The number of Topliss-reactive ketones (excluding diaryl/α,β-unsaturated/α-hetero) is 1. The predicted octanol–water partition coefficient (Wildman–Crippen LogP) is 0.346. The van der Waals surface area contributed by atoms with Crippen molar-refractivity contribution in [1.82, 2.24) is 5.32 Å². The van der Waals surface area contributed by atoms with Crippen molar-refractivity contribution in [3.05, 3.63) is 4.88 Å². The highest BCUT2D eigenvalue weighted by Gasteiger charge is 2.29. The van der Waals surface area contributed by atoms with Gasteiger partial charge in [0.05, 0.1) is 10.6 Å². The van der Waals surface area contributed by atoms with E-state index in [1.54, 1.807) is 0 Å². The average Bonchev–Trinajstić information content (AvgIpc) is 2.68. The molecule has 2 heterocycles. The first kappa shape index (κ1) is 14.3. The molecule has 8 heteroatoms. The Kier molecular flexibility index (Phi) is 3.84. The van der Waals surface area contributed by atoms with Crippen molar-refractivity contribution in [3.63, 3.8) is 0 Å². The van der Waals surface area contributed by atoms with Crippen molar-refractivity contribution in [3.8, 4) is 0 Å². The Labute approximate surface area is 116 Å². The number of thiophene rings is 1. The number of piperazine rings is 1. The topological polar surface area (TPSA) is 92.5 Å². The minimum absolute atomic E-state index is 0.0912. The van der Waals surface area contributed by atoms with Gasteiger partial charge in [-0.25, -0.2) is 8.42 Å². The molecule has 0 radical (unpaired) electrons. The first-order valence-electron chi connectivity index (χ1n) is 5.91. The zero-order valence-electron chi connectivity index (χ0n) is 10.9. The number of hydrogen-bond donors (Lipinski definition) is 2. The lowest BCUT2D eigenvalue weighted by Gasteiger charge is -2.28. The number of rotatable bonds is 3. The molecule has 1 aliphatic rings. The molecule has 1 aromatic heterocycles. The van der Waals surface area contributed by atoms with Crippen LogP contribution in [0.5, 0.6) is 0 Å². The molecule has 1 fully saturated rings. The van der Waals surface area contributed by atoms with Crippen LogP contribution in [-0.4, -0.2) is 46.6 Å².